The van der Waals surface area contributed by atoms with E-state index in [1.807, 2.05) is 0 Å². The molecule has 3 unspecified atom stereocenters. The van der Waals surface area contributed by atoms with Crippen molar-refractivity contribution in [3.8, 4) is 0 Å². The van der Waals surface area contributed by atoms with E-state index in [1.165, 1.54) is 0 Å². The van der Waals surface area contributed by atoms with Crippen molar-refractivity contribution in [3.63, 3.8) is 0 Å². The fourth-order valence-corrected chi connectivity index (χ4v) is 0.742. The van der Waals surface area contributed by atoms with E-state index < -0.39 is 18.7 Å². The molecule has 1 rings (SSSR count). The summed E-state index contributed by atoms with van der Waals surface area (Å²) >= 11 is 0. The molecule has 0 radical (unpaired) electrons. The van der Waals surface area contributed by atoms with Crippen LogP contribution in [-0.2, 0) is 9.57 Å². The highest BCUT2D eigenvalue weighted by Gasteiger charge is 2.32. The molecule has 5 heteroatoms. The fraction of sp³-hybridized carbons (Fsp3) is 1.00. The van der Waals surface area contributed by atoms with Gasteiger partial charge in [0, 0.05) is 6.42 Å². The minimum atomic E-state index is -0.950. The number of hydrogen-bond donors (Lipinski definition) is 3. The van der Waals surface area contributed by atoms with Crippen molar-refractivity contribution in [2.24, 2.45) is 5.90 Å². The topological polar surface area (TPSA) is 84.9 Å². The van der Waals surface area contributed by atoms with Crippen molar-refractivity contribution in [2.75, 3.05) is 0 Å². The summed E-state index contributed by atoms with van der Waals surface area (Å²) in [6.07, 6.45) is -2.49. The lowest BCUT2D eigenvalue weighted by atomic mass is 10.3. The average Bonchev–Trinajstić information content (AvgIpc) is 2.10. The van der Waals surface area contributed by atoms with Gasteiger partial charge in [0.25, 0.3) is 0 Å². The summed E-state index contributed by atoms with van der Waals surface area (Å²) in [7, 11) is 0. The Morgan fingerprint density at radius 2 is 2.22 bits per heavy atom. The molecule has 1 heterocycles. The Balaban J connectivity index is 2.38. The molecule has 0 spiro atoms. The first kappa shape index (κ1) is 6.91. The Bertz CT molecular complexity index is 98.6. The summed E-state index contributed by atoms with van der Waals surface area (Å²) in [6, 6.07) is 0. The largest absolute Gasteiger partial charge is 0.388 e. The van der Waals surface area contributed by atoms with E-state index >= 15 is 0 Å². The molecule has 1 fully saturated rings. The number of aliphatic hydroxyl groups is 2. The van der Waals surface area contributed by atoms with Gasteiger partial charge in [0.1, 0.15) is 6.10 Å². The second-order valence-electron chi connectivity index (χ2n) is 1.90. The summed E-state index contributed by atoms with van der Waals surface area (Å²) < 4.78 is 4.58. The minimum Gasteiger partial charge on any atom is -0.388 e. The fourth-order valence-electron chi connectivity index (χ4n) is 0.742. The van der Waals surface area contributed by atoms with Crippen LogP contribution in [-0.4, -0.2) is 28.9 Å². The quantitative estimate of drug-likeness (QED) is 0.373. The molecule has 5 nitrogen and oxygen atoms in total. The highest BCUT2D eigenvalue weighted by Crippen LogP contribution is 2.17. The first-order chi connectivity index (χ1) is 4.24. The second-order valence-corrected chi connectivity index (χ2v) is 1.90. The van der Waals surface area contributed by atoms with E-state index in [-0.39, 0.29) is 6.42 Å². The molecule has 0 aromatic carbocycles. The molecule has 4 N–H and O–H groups in total. The van der Waals surface area contributed by atoms with Crippen molar-refractivity contribution in [1.29, 1.82) is 0 Å². The normalized spacial score (nSPS) is 43.7. The maximum absolute atomic E-state index is 8.87. The lowest BCUT2D eigenvalue weighted by molar-refractivity contribution is -0.204. The minimum absolute atomic E-state index is 0.155. The zero-order valence-corrected chi connectivity index (χ0v) is 4.73. The highest BCUT2D eigenvalue weighted by atomic mass is 16.8. The van der Waals surface area contributed by atoms with Gasteiger partial charge in [-0.25, -0.2) is 5.90 Å². The van der Waals surface area contributed by atoms with Gasteiger partial charge in [0.05, 0.1) is 0 Å². The molecule has 0 aromatic rings. The molecule has 1 aliphatic rings. The third-order valence-corrected chi connectivity index (χ3v) is 1.18. The van der Waals surface area contributed by atoms with Gasteiger partial charge in [-0.3, -0.25) is 4.84 Å². The monoisotopic (exact) mass is 135 g/mol. The van der Waals surface area contributed by atoms with Crippen molar-refractivity contribution in [3.05, 3.63) is 0 Å². The molecule has 0 bridgehead atoms. The first-order valence-corrected chi connectivity index (χ1v) is 2.61. The van der Waals surface area contributed by atoms with Crippen LogP contribution in [0.15, 0.2) is 0 Å². The SMILES string of the molecule is NOC1OC(O)CC1O. The van der Waals surface area contributed by atoms with E-state index in [0.29, 0.717) is 0 Å². The Morgan fingerprint density at radius 3 is 2.44 bits per heavy atom. The van der Waals surface area contributed by atoms with Crippen LogP contribution in [0.4, 0.5) is 0 Å². The molecule has 54 valence electrons. The molecule has 0 saturated carbocycles. The van der Waals surface area contributed by atoms with Crippen LogP contribution in [0.2, 0.25) is 0 Å². The van der Waals surface area contributed by atoms with E-state index in [2.05, 4.69) is 9.57 Å². The van der Waals surface area contributed by atoms with Crippen molar-refractivity contribution in [1.82, 2.24) is 0 Å². The summed E-state index contributed by atoms with van der Waals surface area (Å²) in [5.41, 5.74) is 0. The Labute approximate surface area is 51.9 Å². The zero-order valence-electron chi connectivity index (χ0n) is 4.73. The maximum atomic E-state index is 8.87. The molecular weight excluding hydrogens is 126 g/mol. The second kappa shape index (κ2) is 2.59. The lowest BCUT2D eigenvalue weighted by Gasteiger charge is -2.08. The van der Waals surface area contributed by atoms with E-state index in [4.69, 9.17) is 16.1 Å². The van der Waals surface area contributed by atoms with Gasteiger partial charge in [-0.1, -0.05) is 0 Å². The number of aliphatic hydroxyl groups excluding tert-OH is 2. The van der Waals surface area contributed by atoms with Crippen LogP contribution < -0.4 is 5.90 Å². The standard InChI is InChI=1S/C4H9NO4/c5-9-4-2(6)1-3(7)8-4/h2-4,6-7H,1,5H2. The molecule has 0 aromatic heterocycles. The molecular formula is C4H9NO4. The van der Waals surface area contributed by atoms with Gasteiger partial charge in [-0.2, -0.15) is 0 Å². The molecule has 1 aliphatic heterocycles. The molecule has 9 heavy (non-hydrogen) atoms. The highest BCUT2D eigenvalue weighted by molar-refractivity contribution is 4.68. The zero-order chi connectivity index (χ0) is 6.85. The summed E-state index contributed by atoms with van der Waals surface area (Å²) in [5.74, 6) is 4.69. The Hall–Kier alpha value is -0.200. The smallest absolute Gasteiger partial charge is 0.205 e. The van der Waals surface area contributed by atoms with E-state index in [9.17, 15) is 0 Å². The predicted molar refractivity (Wildman–Crippen MR) is 26.8 cm³/mol. The van der Waals surface area contributed by atoms with Gasteiger partial charge in [-0.05, 0) is 0 Å². The van der Waals surface area contributed by atoms with Crippen LogP contribution in [0.5, 0.6) is 0 Å². The average molecular weight is 135 g/mol. The summed E-state index contributed by atoms with van der Waals surface area (Å²) in [5, 5.41) is 17.6. The number of hydrogen-bond acceptors (Lipinski definition) is 5. The third kappa shape index (κ3) is 1.38. The van der Waals surface area contributed by atoms with Crippen LogP contribution >= 0.6 is 0 Å². The van der Waals surface area contributed by atoms with E-state index in [0.717, 1.165) is 0 Å². The van der Waals surface area contributed by atoms with Crippen LogP contribution in [0.25, 0.3) is 0 Å². The predicted octanol–water partition coefficient (Wildman–Crippen LogP) is -1.70. The maximum Gasteiger partial charge on any atom is 0.205 e. The van der Waals surface area contributed by atoms with Crippen molar-refractivity contribution < 1.29 is 19.8 Å². The molecule has 3 atom stereocenters. The summed E-state index contributed by atoms with van der Waals surface area (Å²) in [6.45, 7) is 0. The van der Waals surface area contributed by atoms with Gasteiger partial charge in [0.2, 0.25) is 6.29 Å². The first-order valence-electron chi connectivity index (χ1n) is 2.61. The Morgan fingerprint density at radius 1 is 1.56 bits per heavy atom. The van der Waals surface area contributed by atoms with Crippen LogP contribution in [0, 0.1) is 0 Å². The van der Waals surface area contributed by atoms with Crippen LogP contribution in [0.1, 0.15) is 6.42 Å². The van der Waals surface area contributed by atoms with Gasteiger partial charge in [-0.15, -0.1) is 0 Å². The van der Waals surface area contributed by atoms with Crippen LogP contribution in [0.3, 0.4) is 0 Å². The lowest BCUT2D eigenvalue weighted by Crippen LogP contribution is -2.27. The van der Waals surface area contributed by atoms with Crippen molar-refractivity contribution in [2.45, 2.75) is 25.1 Å². The van der Waals surface area contributed by atoms with Gasteiger partial charge in [0.15, 0.2) is 6.29 Å². The molecule has 1 saturated heterocycles. The third-order valence-electron chi connectivity index (χ3n) is 1.18. The van der Waals surface area contributed by atoms with Crippen molar-refractivity contribution >= 4 is 0 Å². The molecule has 0 amide bonds. The molecule has 0 aliphatic carbocycles. The van der Waals surface area contributed by atoms with Gasteiger partial charge >= 0.3 is 0 Å². The number of ether oxygens (including phenoxy) is 1. The Kier molecular flexibility index (Phi) is 1.99. The summed E-state index contributed by atoms with van der Waals surface area (Å²) in [4.78, 5) is 4.16. The van der Waals surface area contributed by atoms with E-state index in [1.54, 1.807) is 0 Å². The number of rotatable bonds is 1. The van der Waals surface area contributed by atoms with Gasteiger partial charge < -0.3 is 14.9 Å². The number of nitrogens with two attached hydrogens (primary N) is 1.